The molecule has 1 fully saturated rings. The average Bonchev–Trinajstić information content (AvgIpc) is 2.97. The van der Waals surface area contributed by atoms with Crippen molar-refractivity contribution in [2.75, 3.05) is 18.0 Å². The molecule has 0 saturated carbocycles. The van der Waals surface area contributed by atoms with Gasteiger partial charge in [-0.25, -0.2) is 0 Å². The number of carbonyl (C=O) groups is 1. The number of benzene rings is 1. The highest BCUT2D eigenvalue weighted by Crippen LogP contribution is 2.39. The van der Waals surface area contributed by atoms with Gasteiger partial charge in [0.25, 0.3) is 0 Å². The lowest BCUT2D eigenvalue weighted by atomic mass is 10.1. The van der Waals surface area contributed by atoms with Gasteiger partial charge in [-0.2, -0.15) is 8.75 Å². The van der Waals surface area contributed by atoms with E-state index in [0.29, 0.717) is 46.3 Å². The molecule has 2 N–H and O–H groups in total. The molecule has 1 aromatic heterocycles. The SMILES string of the molecule is NCC1CC(=O)N(c2c(Cl)cc(Cl)c3nsnc23)C1. The van der Waals surface area contributed by atoms with Crippen molar-refractivity contribution in [2.45, 2.75) is 6.42 Å². The van der Waals surface area contributed by atoms with Crippen LogP contribution in [0.5, 0.6) is 0 Å². The van der Waals surface area contributed by atoms with Crippen LogP contribution in [-0.2, 0) is 4.79 Å². The molecular formula is C11H10Cl2N4OS. The molecule has 1 aliphatic heterocycles. The first-order valence-corrected chi connectivity index (χ1v) is 7.21. The van der Waals surface area contributed by atoms with E-state index < -0.39 is 0 Å². The van der Waals surface area contributed by atoms with Crippen LogP contribution in [-0.4, -0.2) is 27.7 Å². The molecule has 5 nitrogen and oxygen atoms in total. The number of anilines is 1. The molecule has 0 spiro atoms. The lowest BCUT2D eigenvalue weighted by Gasteiger charge is -2.18. The maximum absolute atomic E-state index is 12.1. The summed E-state index contributed by atoms with van der Waals surface area (Å²) in [4.78, 5) is 13.7. The summed E-state index contributed by atoms with van der Waals surface area (Å²) in [6, 6.07) is 1.60. The highest BCUT2D eigenvalue weighted by atomic mass is 35.5. The third-order valence-electron chi connectivity index (χ3n) is 3.23. The summed E-state index contributed by atoms with van der Waals surface area (Å²) in [6.45, 7) is 1.04. The Morgan fingerprint density at radius 1 is 1.37 bits per heavy atom. The lowest BCUT2D eigenvalue weighted by molar-refractivity contribution is -0.117. The number of rotatable bonds is 2. The van der Waals surface area contributed by atoms with Crippen LogP contribution in [0.15, 0.2) is 6.07 Å². The van der Waals surface area contributed by atoms with Crippen LogP contribution in [0.3, 0.4) is 0 Å². The van der Waals surface area contributed by atoms with Crippen LogP contribution < -0.4 is 10.6 Å². The summed E-state index contributed by atoms with van der Waals surface area (Å²) >= 11 is 13.4. The molecule has 1 amide bonds. The first kappa shape index (κ1) is 13.1. The van der Waals surface area contributed by atoms with Gasteiger partial charge >= 0.3 is 0 Å². The highest BCUT2D eigenvalue weighted by Gasteiger charge is 2.33. The van der Waals surface area contributed by atoms with E-state index in [0.717, 1.165) is 11.7 Å². The van der Waals surface area contributed by atoms with Gasteiger partial charge in [0.2, 0.25) is 5.91 Å². The molecular weight excluding hydrogens is 307 g/mol. The van der Waals surface area contributed by atoms with Gasteiger partial charge in [0, 0.05) is 13.0 Å². The Morgan fingerprint density at radius 2 is 2.11 bits per heavy atom. The normalized spacial score (nSPS) is 19.6. The van der Waals surface area contributed by atoms with Crippen molar-refractivity contribution in [1.29, 1.82) is 0 Å². The average molecular weight is 317 g/mol. The van der Waals surface area contributed by atoms with Gasteiger partial charge in [-0.05, 0) is 18.5 Å². The standard InChI is InChI=1S/C11H10Cl2N4OS/c12-6-2-7(13)11(10-9(6)15-19-16-10)17-4-5(3-14)1-8(17)18/h2,5H,1,3-4,14H2. The van der Waals surface area contributed by atoms with Gasteiger partial charge in [0.05, 0.1) is 27.5 Å². The molecule has 19 heavy (non-hydrogen) atoms. The van der Waals surface area contributed by atoms with Gasteiger partial charge in [-0.1, -0.05) is 23.2 Å². The summed E-state index contributed by atoms with van der Waals surface area (Å²) in [7, 11) is 0. The number of nitrogens with zero attached hydrogens (tertiary/aromatic N) is 3. The van der Waals surface area contributed by atoms with Gasteiger partial charge in [0.15, 0.2) is 0 Å². The van der Waals surface area contributed by atoms with Crippen LogP contribution in [0.1, 0.15) is 6.42 Å². The molecule has 1 aromatic carbocycles. The zero-order chi connectivity index (χ0) is 13.6. The van der Waals surface area contributed by atoms with Crippen LogP contribution in [0, 0.1) is 5.92 Å². The first-order chi connectivity index (χ1) is 9.11. The number of nitrogens with two attached hydrogens (primary N) is 1. The van der Waals surface area contributed by atoms with Crippen LogP contribution in [0.4, 0.5) is 5.69 Å². The summed E-state index contributed by atoms with van der Waals surface area (Å²) < 4.78 is 8.34. The smallest absolute Gasteiger partial charge is 0.227 e. The zero-order valence-corrected chi connectivity index (χ0v) is 12.1. The number of halogens is 2. The third-order valence-corrected chi connectivity index (χ3v) is 4.33. The fourth-order valence-electron chi connectivity index (χ4n) is 2.27. The van der Waals surface area contributed by atoms with Crippen molar-refractivity contribution < 1.29 is 4.79 Å². The van der Waals surface area contributed by atoms with E-state index in [1.54, 1.807) is 11.0 Å². The molecule has 1 saturated heterocycles. The second-order valence-electron chi connectivity index (χ2n) is 4.46. The topological polar surface area (TPSA) is 72.1 Å². The molecule has 1 aliphatic rings. The predicted molar refractivity (Wildman–Crippen MR) is 76.9 cm³/mol. The summed E-state index contributed by atoms with van der Waals surface area (Å²) in [6.07, 6.45) is 0.439. The highest BCUT2D eigenvalue weighted by molar-refractivity contribution is 7.00. The number of aromatic nitrogens is 2. The number of carbonyl (C=O) groups excluding carboxylic acids is 1. The number of fused-ring (bicyclic) bond motifs is 1. The maximum Gasteiger partial charge on any atom is 0.227 e. The monoisotopic (exact) mass is 316 g/mol. The Bertz CT molecular complexity index is 659. The van der Waals surface area contributed by atoms with Crippen LogP contribution >= 0.6 is 34.9 Å². The summed E-state index contributed by atoms with van der Waals surface area (Å²) in [5.41, 5.74) is 7.38. The largest absolute Gasteiger partial charge is 0.330 e. The molecule has 1 atom stereocenters. The van der Waals surface area contributed by atoms with Crippen molar-refractivity contribution >= 4 is 57.6 Å². The minimum atomic E-state index is 0.00831. The van der Waals surface area contributed by atoms with Crippen molar-refractivity contribution in [2.24, 2.45) is 11.7 Å². The van der Waals surface area contributed by atoms with Gasteiger partial charge in [-0.3, -0.25) is 4.79 Å². The van der Waals surface area contributed by atoms with E-state index in [1.807, 2.05) is 0 Å². The molecule has 2 heterocycles. The number of hydrogen-bond donors (Lipinski definition) is 1. The molecule has 1 unspecified atom stereocenters. The van der Waals surface area contributed by atoms with E-state index in [9.17, 15) is 4.79 Å². The molecule has 3 rings (SSSR count). The van der Waals surface area contributed by atoms with Gasteiger partial charge in [0.1, 0.15) is 11.0 Å². The molecule has 2 aromatic rings. The van der Waals surface area contributed by atoms with Gasteiger partial charge in [-0.15, -0.1) is 0 Å². The Labute approximate surface area is 123 Å². The fraction of sp³-hybridized carbons (Fsp3) is 0.364. The summed E-state index contributed by atoms with van der Waals surface area (Å²) in [5, 5.41) is 0.857. The van der Waals surface area contributed by atoms with Crippen LogP contribution in [0.25, 0.3) is 11.0 Å². The maximum atomic E-state index is 12.1. The third kappa shape index (κ3) is 2.08. The van der Waals surface area contributed by atoms with E-state index in [-0.39, 0.29) is 11.8 Å². The minimum absolute atomic E-state index is 0.00831. The molecule has 0 radical (unpaired) electrons. The molecule has 0 aliphatic carbocycles. The number of amides is 1. The molecule has 8 heteroatoms. The number of hydrogen-bond acceptors (Lipinski definition) is 5. The summed E-state index contributed by atoms with van der Waals surface area (Å²) in [5.74, 6) is 0.162. The lowest BCUT2D eigenvalue weighted by Crippen LogP contribution is -2.26. The Balaban J connectivity index is 2.15. The second-order valence-corrected chi connectivity index (χ2v) is 5.80. The van der Waals surface area contributed by atoms with Crippen molar-refractivity contribution in [3.63, 3.8) is 0 Å². The zero-order valence-electron chi connectivity index (χ0n) is 9.77. The van der Waals surface area contributed by atoms with Crippen LogP contribution in [0.2, 0.25) is 10.0 Å². The van der Waals surface area contributed by atoms with E-state index in [2.05, 4.69) is 8.75 Å². The molecule has 100 valence electrons. The Hall–Kier alpha value is -0.950. The fourth-order valence-corrected chi connectivity index (χ4v) is 3.48. The van der Waals surface area contributed by atoms with Crippen molar-refractivity contribution in [1.82, 2.24) is 8.75 Å². The quantitative estimate of drug-likeness (QED) is 0.922. The van der Waals surface area contributed by atoms with Gasteiger partial charge < -0.3 is 10.6 Å². The van der Waals surface area contributed by atoms with Crippen molar-refractivity contribution in [3.8, 4) is 0 Å². The minimum Gasteiger partial charge on any atom is -0.330 e. The van der Waals surface area contributed by atoms with Crippen molar-refractivity contribution in [3.05, 3.63) is 16.1 Å². The Morgan fingerprint density at radius 3 is 2.79 bits per heavy atom. The first-order valence-electron chi connectivity index (χ1n) is 5.72. The van der Waals surface area contributed by atoms with E-state index in [4.69, 9.17) is 28.9 Å². The van der Waals surface area contributed by atoms with E-state index in [1.165, 1.54) is 0 Å². The second kappa shape index (κ2) is 4.86. The Kier molecular flexibility index (Phi) is 3.34. The predicted octanol–water partition coefficient (Wildman–Crippen LogP) is 2.31. The molecule has 0 bridgehead atoms. The van der Waals surface area contributed by atoms with E-state index >= 15 is 0 Å².